The van der Waals surface area contributed by atoms with Crippen molar-refractivity contribution >= 4 is 22.9 Å². The van der Waals surface area contributed by atoms with E-state index in [4.69, 9.17) is 17.3 Å². The van der Waals surface area contributed by atoms with Gasteiger partial charge in [0.2, 0.25) is 0 Å². The number of nitrogens with two attached hydrogens (primary N) is 1. The molecule has 0 saturated carbocycles. The molecule has 0 fully saturated rings. The molecular weight excluding hydrogens is 214 g/mol. The summed E-state index contributed by atoms with van der Waals surface area (Å²) in [5.74, 6) is 5.87. The Bertz CT molecular complexity index is 359. The summed E-state index contributed by atoms with van der Waals surface area (Å²) in [6, 6.07) is 0.0297. The van der Waals surface area contributed by atoms with Crippen molar-refractivity contribution in [2.75, 3.05) is 0 Å². The van der Waals surface area contributed by atoms with Crippen LogP contribution in [0.15, 0.2) is 5.38 Å². The van der Waals surface area contributed by atoms with Gasteiger partial charge in [0.05, 0.1) is 5.02 Å². The van der Waals surface area contributed by atoms with Gasteiger partial charge >= 0.3 is 0 Å². The van der Waals surface area contributed by atoms with E-state index in [-0.39, 0.29) is 6.04 Å². The normalized spacial score (nSPS) is 12.0. The number of halogens is 1. The lowest BCUT2D eigenvalue weighted by atomic mass is 10.1. The zero-order valence-electron chi connectivity index (χ0n) is 8.43. The molecule has 14 heavy (non-hydrogen) atoms. The predicted octanol–water partition coefficient (Wildman–Crippen LogP) is 3.51. The van der Waals surface area contributed by atoms with Crippen molar-refractivity contribution in [3.63, 3.8) is 0 Å². The van der Waals surface area contributed by atoms with E-state index in [1.54, 1.807) is 11.3 Å². The van der Waals surface area contributed by atoms with Crippen molar-refractivity contribution in [1.29, 1.82) is 0 Å². The van der Waals surface area contributed by atoms with Gasteiger partial charge in [-0.05, 0) is 31.2 Å². The first-order valence-corrected chi connectivity index (χ1v) is 5.81. The Kier molecular flexibility index (Phi) is 4.47. The van der Waals surface area contributed by atoms with E-state index in [0.29, 0.717) is 0 Å². The Hall–Kier alpha value is -0.490. The summed E-state index contributed by atoms with van der Waals surface area (Å²) in [6.07, 6.45) is 1.71. The zero-order chi connectivity index (χ0) is 10.6. The van der Waals surface area contributed by atoms with Crippen LogP contribution < -0.4 is 5.73 Å². The third-order valence-corrected chi connectivity index (χ3v) is 3.87. The van der Waals surface area contributed by atoms with Crippen LogP contribution in [-0.2, 0) is 0 Å². The van der Waals surface area contributed by atoms with E-state index in [1.165, 1.54) is 0 Å². The summed E-state index contributed by atoms with van der Waals surface area (Å²) in [5, 5.41) is 2.87. The minimum Gasteiger partial charge on any atom is -0.323 e. The molecule has 2 N–H and O–H groups in total. The maximum Gasteiger partial charge on any atom is 0.0590 e. The number of thiophene rings is 1. The molecule has 1 rings (SSSR count). The second kappa shape index (κ2) is 5.41. The maximum absolute atomic E-state index is 6.11. The molecule has 0 bridgehead atoms. The average Bonchev–Trinajstić information content (AvgIpc) is 2.48. The first-order chi connectivity index (χ1) is 6.66. The first-order valence-electron chi connectivity index (χ1n) is 4.55. The van der Waals surface area contributed by atoms with Gasteiger partial charge in [0.15, 0.2) is 0 Å². The zero-order valence-corrected chi connectivity index (χ0v) is 10.0. The topological polar surface area (TPSA) is 26.0 Å². The molecule has 1 heterocycles. The van der Waals surface area contributed by atoms with Gasteiger partial charge < -0.3 is 5.73 Å². The minimum atomic E-state index is 0.0297. The van der Waals surface area contributed by atoms with Gasteiger partial charge in [-0.1, -0.05) is 11.6 Å². The molecule has 0 amide bonds. The summed E-state index contributed by atoms with van der Waals surface area (Å²) in [5.41, 5.74) is 7.12. The van der Waals surface area contributed by atoms with Crippen LogP contribution in [0.4, 0.5) is 0 Å². The van der Waals surface area contributed by atoms with Crippen molar-refractivity contribution in [2.24, 2.45) is 5.73 Å². The van der Waals surface area contributed by atoms with Crippen molar-refractivity contribution < 1.29 is 0 Å². The fraction of sp³-hybridized carbons (Fsp3) is 0.455. The predicted molar refractivity (Wildman–Crippen MR) is 63.7 cm³/mol. The Morgan fingerprint density at radius 3 is 2.86 bits per heavy atom. The molecule has 0 aliphatic rings. The molecule has 0 aliphatic heterocycles. The highest BCUT2D eigenvalue weighted by Crippen LogP contribution is 2.32. The molecule has 0 radical (unpaired) electrons. The molecule has 0 spiro atoms. The summed E-state index contributed by atoms with van der Waals surface area (Å²) in [6.45, 7) is 3.84. The summed E-state index contributed by atoms with van der Waals surface area (Å²) >= 11 is 7.75. The number of hydrogen-bond acceptors (Lipinski definition) is 2. The Balaban J connectivity index is 2.63. The summed E-state index contributed by atoms with van der Waals surface area (Å²) < 4.78 is 0. The fourth-order valence-electron chi connectivity index (χ4n) is 1.18. The molecule has 1 nitrogen and oxygen atoms in total. The second-order valence-electron chi connectivity index (χ2n) is 3.17. The Labute approximate surface area is 94.3 Å². The SMILES string of the molecule is CC#CCCC(N)c1scc(C)c1Cl. The lowest BCUT2D eigenvalue weighted by Gasteiger charge is -2.07. The van der Waals surface area contributed by atoms with Crippen LogP contribution in [0.3, 0.4) is 0 Å². The van der Waals surface area contributed by atoms with E-state index in [0.717, 1.165) is 28.3 Å². The van der Waals surface area contributed by atoms with E-state index >= 15 is 0 Å². The highest BCUT2D eigenvalue weighted by atomic mass is 35.5. The van der Waals surface area contributed by atoms with Crippen LogP contribution in [-0.4, -0.2) is 0 Å². The average molecular weight is 228 g/mol. The molecule has 76 valence electrons. The van der Waals surface area contributed by atoms with Crippen molar-refractivity contribution in [1.82, 2.24) is 0 Å². The van der Waals surface area contributed by atoms with Crippen LogP contribution >= 0.6 is 22.9 Å². The van der Waals surface area contributed by atoms with E-state index in [2.05, 4.69) is 11.8 Å². The Morgan fingerprint density at radius 1 is 1.64 bits per heavy atom. The van der Waals surface area contributed by atoms with Crippen LogP contribution in [0.2, 0.25) is 5.02 Å². The largest absolute Gasteiger partial charge is 0.323 e. The third-order valence-electron chi connectivity index (χ3n) is 2.02. The van der Waals surface area contributed by atoms with Crippen molar-refractivity contribution in [3.8, 4) is 11.8 Å². The van der Waals surface area contributed by atoms with E-state index in [9.17, 15) is 0 Å². The number of hydrogen-bond donors (Lipinski definition) is 1. The molecule has 0 aliphatic carbocycles. The highest BCUT2D eigenvalue weighted by Gasteiger charge is 2.13. The standard InChI is InChI=1S/C11H14ClNS/c1-3-4-5-6-9(13)11-10(12)8(2)7-14-11/h7,9H,5-6,13H2,1-2H3. The number of aryl methyl sites for hydroxylation is 1. The van der Waals surface area contributed by atoms with Crippen LogP contribution in [0, 0.1) is 18.8 Å². The fourth-order valence-corrected chi connectivity index (χ4v) is 2.56. The molecule has 1 aromatic rings. The van der Waals surface area contributed by atoms with Crippen LogP contribution in [0.5, 0.6) is 0 Å². The molecule has 0 aromatic carbocycles. The first kappa shape index (κ1) is 11.6. The van der Waals surface area contributed by atoms with Gasteiger partial charge in [0.1, 0.15) is 0 Å². The monoisotopic (exact) mass is 227 g/mol. The Morgan fingerprint density at radius 2 is 2.36 bits per heavy atom. The lowest BCUT2D eigenvalue weighted by molar-refractivity contribution is 0.679. The summed E-state index contributed by atoms with van der Waals surface area (Å²) in [7, 11) is 0. The smallest absolute Gasteiger partial charge is 0.0590 e. The van der Waals surface area contributed by atoms with Crippen LogP contribution in [0.25, 0.3) is 0 Å². The quantitative estimate of drug-likeness (QED) is 0.786. The molecule has 1 aromatic heterocycles. The third kappa shape index (κ3) is 2.75. The van der Waals surface area contributed by atoms with Crippen LogP contribution in [0.1, 0.15) is 36.2 Å². The molecule has 0 saturated heterocycles. The van der Waals surface area contributed by atoms with Crippen molar-refractivity contribution in [2.45, 2.75) is 32.7 Å². The van der Waals surface area contributed by atoms with E-state index < -0.39 is 0 Å². The van der Waals surface area contributed by atoms with E-state index in [1.807, 2.05) is 19.2 Å². The summed E-state index contributed by atoms with van der Waals surface area (Å²) in [4.78, 5) is 1.09. The minimum absolute atomic E-state index is 0.0297. The second-order valence-corrected chi connectivity index (χ2v) is 4.46. The van der Waals surface area contributed by atoms with Gasteiger partial charge in [-0.15, -0.1) is 23.2 Å². The van der Waals surface area contributed by atoms with Gasteiger partial charge in [-0.3, -0.25) is 0 Å². The highest BCUT2D eigenvalue weighted by molar-refractivity contribution is 7.10. The maximum atomic E-state index is 6.11. The molecule has 1 atom stereocenters. The molecular formula is C11H14ClNS. The van der Waals surface area contributed by atoms with Crippen molar-refractivity contribution in [3.05, 3.63) is 20.8 Å². The molecule has 3 heteroatoms. The molecule has 1 unspecified atom stereocenters. The van der Waals surface area contributed by atoms with Gasteiger partial charge in [-0.2, -0.15) is 0 Å². The van der Waals surface area contributed by atoms with Gasteiger partial charge in [-0.25, -0.2) is 0 Å². The van der Waals surface area contributed by atoms with Gasteiger partial charge in [0.25, 0.3) is 0 Å². The van der Waals surface area contributed by atoms with Gasteiger partial charge in [0, 0.05) is 17.3 Å². The lowest BCUT2D eigenvalue weighted by Crippen LogP contribution is -2.08. The number of rotatable bonds is 3.